The standard InChI is InChI=1S/C18H17NO3/c1-21-13-8-9-14-15(10-12-6-4-3-5-7-12)17(18(20)22-2)19-16(14)11-13/h3-9,11,19H,10H2,1-2H3. The van der Waals surface area contributed by atoms with Gasteiger partial charge in [-0.25, -0.2) is 4.79 Å². The third-order valence-electron chi connectivity index (χ3n) is 3.73. The van der Waals surface area contributed by atoms with Crippen LogP contribution >= 0.6 is 0 Å². The number of aromatic nitrogens is 1. The number of aromatic amines is 1. The van der Waals surface area contributed by atoms with Crippen molar-refractivity contribution in [1.29, 1.82) is 0 Å². The van der Waals surface area contributed by atoms with Crippen molar-refractivity contribution in [3.63, 3.8) is 0 Å². The van der Waals surface area contributed by atoms with Crippen LogP contribution in [0.3, 0.4) is 0 Å². The molecular weight excluding hydrogens is 278 g/mol. The number of benzene rings is 2. The van der Waals surface area contributed by atoms with E-state index in [2.05, 4.69) is 4.98 Å². The van der Waals surface area contributed by atoms with Gasteiger partial charge in [-0.3, -0.25) is 0 Å². The van der Waals surface area contributed by atoms with Crippen LogP contribution in [-0.4, -0.2) is 25.2 Å². The third kappa shape index (κ3) is 2.55. The third-order valence-corrected chi connectivity index (χ3v) is 3.73. The van der Waals surface area contributed by atoms with Crippen molar-refractivity contribution < 1.29 is 14.3 Å². The quantitative estimate of drug-likeness (QED) is 0.749. The van der Waals surface area contributed by atoms with E-state index >= 15 is 0 Å². The molecule has 1 heterocycles. The van der Waals surface area contributed by atoms with Crippen LogP contribution in [0.4, 0.5) is 0 Å². The van der Waals surface area contributed by atoms with Gasteiger partial charge in [-0.2, -0.15) is 0 Å². The van der Waals surface area contributed by atoms with E-state index in [1.54, 1.807) is 7.11 Å². The number of rotatable bonds is 4. The summed E-state index contributed by atoms with van der Waals surface area (Å²) in [5.74, 6) is 0.387. The molecule has 2 aromatic carbocycles. The lowest BCUT2D eigenvalue weighted by Crippen LogP contribution is -2.05. The first-order chi connectivity index (χ1) is 10.7. The molecule has 4 nitrogen and oxygen atoms in total. The minimum atomic E-state index is -0.360. The van der Waals surface area contributed by atoms with E-state index in [0.29, 0.717) is 12.1 Å². The molecule has 0 bridgehead atoms. The molecule has 0 fully saturated rings. The Morgan fingerprint density at radius 2 is 1.86 bits per heavy atom. The van der Waals surface area contributed by atoms with Crippen molar-refractivity contribution in [3.8, 4) is 5.75 Å². The Labute approximate surface area is 128 Å². The van der Waals surface area contributed by atoms with E-state index in [4.69, 9.17) is 9.47 Å². The van der Waals surface area contributed by atoms with Gasteiger partial charge in [-0.1, -0.05) is 30.3 Å². The van der Waals surface area contributed by atoms with Crippen LogP contribution in [-0.2, 0) is 11.2 Å². The fourth-order valence-electron chi connectivity index (χ4n) is 2.62. The van der Waals surface area contributed by atoms with Crippen LogP contribution in [0.1, 0.15) is 21.6 Å². The normalized spacial score (nSPS) is 10.6. The van der Waals surface area contributed by atoms with Crippen molar-refractivity contribution in [2.24, 2.45) is 0 Å². The number of fused-ring (bicyclic) bond motifs is 1. The number of hydrogen-bond acceptors (Lipinski definition) is 3. The summed E-state index contributed by atoms with van der Waals surface area (Å²) in [5.41, 5.74) is 3.44. The second-order valence-electron chi connectivity index (χ2n) is 5.04. The molecule has 3 aromatic rings. The lowest BCUT2D eigenvalue weighted by molar-refractivity contribution is 0.0594. The molecule has 0 atom stereocenters. The van der Waals surface area contributed by atoms with Crippen molar-refractivity contribution >= 4 is 16.9 Å². The first-order valence-corrected chi connectivity index (χ1v) is 7.03. The molecule has 1 N–H and O–H groups in total. The number of carbonyl (C=O) groups is 1. The molecule has 0 spiro atoms. The van der Waals surface area contributed by atoms with Crippen LogP contribution in [0.15, 0.2) is 48.5 Å². The van der Waals surface area contributed by atoms with Crippen molar-refractivity contribution in [2.45, 2.75) is 6.42 Å². The molecule has 112 valence electrons. The van der Waals surface area contributed by atoms with Gasteiger partial charge >= 0.3 is 5.97 Å². The first-order valence-electron chi connectivity index (χ1n) is 7.03. The van der Waals surface area contributed by atoms with Gasteiger partial charge in [0.05, 0.1) is 19.7 Å². The zero-order chi connectivity index (χ0) is 15.5. The SMILES string of the molecule is COC(=O)c1[nH]c2cc(OC)ccc2c1Cc1ccccc1. The van der Waals surface area contributed by atoms with E-state index in [0.717, 1.165) is 27.8 Å². The smallest absolute Gasteiger partial charge is 0.354 e. The lowest BCUT2D eigenvalue weighted by Gasteiger charge is -2.04. The van der Waals surface area contributed by atoms with Crippen LogP contribution < -0.4 is 4.74 Å². The molecule has 0 saturated carbocycles. The van der Waals surface area contributed by atoms with Crippen LogP contribution in [0.5, 0.6) is 5.75 Å². The fraction of sp³-hybridized carbons (Fsp3) is 0.167. The Morgan fingerprint density at radius 3 is 2.55 bits per heavy atom. The zero-order valence-electron chi connectivity index (χ0n) is 12.6. The Balaban J connectivity index is 2.14. The molecule has 0 amide bonds. The molecule has 3 rings (SSSR count). The van der Waals surface area contributed by atoms with Gasteiger partial charge in [0.15, 0.2) is 0 Å². The average Bonchev–Trinajstić information content (AvgIpc) is 2.92. The summed E-state index contributed by atoms with van der Waals surface area (Å²) in [4.78, 5) is 15.2. The van der Waals surface area contributed by atoms with Crippen molar-refractivity contribution in [3.05, 3.63) is 65.4 Å². The van der Waals surface area contributed by atoms with Gasteiger partial charge in [0, 0.05) is 17.9 Å². The highest BCUT2D eigenvalue weighted by Crippen LogP contribution is 2.28. The fourth-order valence-corrected chi connectivity index (χ4v) is 2.62. The maximum absolute atomic E-state index is 12.1. The Kier molecular flexibility index (Phi) is 3.83. The number of nitrogens with one attached hydrogen (secondary N) is 1. The summed E-state index contributed by atoms with van der Waals surface area (Å²) in [6, 6.07) is 15.8. The van der Waals surface area contributed by atoms with Gasteiger partial charge < -0.3 is 14.5 Å². The van der Waals surface area contributed by atoms with Gasteiger partial charge in [0.1, 0.15) is 11.4 Å². The molecule has 0 radical (unpaired) electrons. The van der Waals surface area contributed by atoms with Gasteiger partial charge in [0.25, 0.3) is 0 Å². The summed E-state index contributed by atoms with van der Waals surface area (Å²) in [5, 5.41) is 1.00. The molecule has 4 heteroatoms. The summed E-state index contributed by atoms with van der Waals surface area (Å²) >= 11 is 0. The molecule has 0 aliphatic carbocycles. The average molecular weight is 295 g/mol. The summed E-state index contributed by atoms with van der Waals surface area (Å²) in [7, 11) is 3.01. The van der Waals surface area contributed by atoms with Crippen molar-refractivity contribution in [1.82, 2.24) is 4.98 Å². The van der Waals surface area contributed by atoms with Crippen molar-refractivity contribution in [2.75, 3.05) is 14.2 Å². The monoisotopic (exact) mass is 295 g/mol. The number of esters is 1. The van der Waals surface area contributed by atoms with E-state index in [1.807, 2.05) is 48.5 Å². The number of hydrogen-bond donors (Lipinski definition) is 1. The summed E-state index contributed by atoms with van der Waals surface area (Å²) in [6.07, 6.45) is 0.664. The topological polar surface area (TPSA) is 51.3 Å². The molecule has 0 aliphatic rings. The number of carbonyl (C=O) groups excluding carboxylic acids is 1. The summed E-state index contributed by atoms with van der Waals surface area (Å²) in [6.45, 7) is 0. The van der Waals surface area contributed by atoms with E-state index in [9.17, 15) is 4.79 Å². The number of methoxy groups -OCH3 is 2. The minimum Gasteiger partial charge on any atom is -0.497 e. The molecule has 0 saturated heterocycles. The van der Waals surface area contributed by atoms with Crippen LogP contribution in [0, 0.1) is 0 Å². The number of ether oxygens (including phenoxy) is 2. The number of H-pyrrole nitrogens is 1. The second kappa shape index (κ2) is 5.93. The maximum atomic E-state index is 12.1. The van der Waals surface area contributed by atoms with E-state index < -0.39 is 0 Å². The second-order valence-corrected chi connectivity index (χ2v) is 5.04. The highest BCUT2D eigenvalue weighted by molar-refractivity contribution is 5.98. The van der Waals surface area contributed by atoms with Crippen LogP contribution in [0.25, 0.3) is 10.9 Å². The zero-order valence-corrected chi connectivity index (χ0v) is 12.6. The van der Waals surface area contributed by atoms with Gasteiger partial charge in [0.2, 0.25) is 0 Å². The largest absolute Gasteiger partial charge is 0.497 e. The predicted molar refractivity (Wildman–Crippen MR) is 85.4 cm³/mol. The van der Waals surface area contributed by atoms with Crippen LogP contribution in [0.2, 0.25) is 0 Å². The highest BCUT2D eigenvalue weighted by atomic mass is 16.5. The molecule has 0 aliphatic heterocycles. The predicted octanol–water partition coefficient (Wildman–Crippen LogP) is 3.55. The molecule has 1 aromatic heterocycles. The minimum absolute atomic E-state index is 0.360. The molecule has 0 unspecified atom stereocenters. The Morgan fingerprint density at radius 1 is 1.09 bits per heavy atom. The Hall–Kier alpha value is -2.75. The summed E-state index contributed by atoms with van der Waals surface area (Å²) < 4.78 is 10.1. The highest BCUT2D eigenvalue weighted by Gasteiger charge is 2.18. The maximum Gasteiger partial charge on any atom is 0.354 e. The van der Waals surface area contributed by atoms with Gasteiger partial charge in [-0.15, -0.1) is 0 Å². The molecule has 22 heavy (non-hydrogen) atoms. The first kappa shape index (κ1) is 14.2. The Bertz CT molecular complexity index is 806. The molecular formula is C18H17NO3. The lowest BCUT2D eigenvalue weighted by atomic mass is 10.0. The van der Waals surface area contributed by atoms with E-state index in [-0.39, 0.29) is 5.97 Å². The van der Waals surface area contributed by atoms with E-state index in [1.165, 1.54) is 7.11 Å². The van der Waals surface area contributed by atoms with Gasteiger partial charge in [-0.05, 0) is 23.3 Å².